The summed E-state index contributed by atoms with van der Waals surface area (Å²) < 4.78 is 39.2. The molecule has 2 aromatic rings. The van der Waals surface area contributed by atoms with E-state index in [4.69, 9.17) is 23.2 Å². The number of hydrogen-bond donors (Lipinski definition) is 1. The van der Waals surface area contributed by atoms with Gasteiger partial charge in [0.15, 0.2) is 0 Å². The second-order valence-electron chi connectivity index (χ2n) is 7.48. The van der Waals surface area contributed by atoms with E-state index in [1.807, 2.05) is 6.92 Å². The molecular formula is C22H26Cl2FN3O4S. The fraction of sp³-hybridized carbons (Fsp3) is 0.364. The lowest BCUT2D eigenvalue weighted by Crippen LogP contribution is -2.51. The summed E-state index contributed by atoms with van der Waals surface area (Å²) in [6, 6.07) is 8.82. The normalized spacial score (nSPS) is 12.2. The molecule has 1 N–H and O–H groups in total. The number of anilines is 1. The first kappa shape index (κ1) is 26.9. The summed E-state index contributed by atoms with van der Waals surface area (Å²) in [6.07, 6.45) is 1.66. The van der Waals surface area contributed by atoms with Crippen LogP contribution in [0.5, 0.6) is 0 Å². The third-order valence-corrected chi connectivity index (χ3v) is 6.50. The van der Waals surface area contributed by atoms with E-state index in [1.165, 1.54) is 47.4 Å². The highest BCUT2D eigenvalue weighted by atomic mass is 35.5. The second-order valence-corrected chi connectivity index (χ2v) is 10.2. The third kappa shape index (κ3) is 7.58. The van der Waals surface area contributed by atoms with Gasteiger partial charge in [0, 0.05) is 18.1 Å². The number of nitrogens with one attached hydrogen (secondary N) is 1. The number of rotatable bonds is 10. The van der Waals surface area contributed by atoms with E-state index in [0.29, 0.717) is 23.6 Å². The average Bonchev–Trinajstić information content (AvgIpc) is 2.74. The fourth-order valence-electron chi connectivity index (χ4n) is 3.04. The predicted octanol–water partition coefficient (Wildman–Crippen LogP) is 3.84. The zero-order valence-corrected chi connectivity index (χ0v) is 20.8. The van der Waals surface area contributed by atoms with Gasteiger partial charge < -0.3 is 10.2 Å². The van der Waals surface area contributed by atoms with Crippen molar-refractivity contribution in [1.82, 2.24) is 10.2 Å². The number of carbonyl (C=O) groups is 2. The van der Waals surface area contributed by atoms with Crippen LogP contribution in [-0.2, 0) is 26.2 Å². The molecule has 2 aromatic carbocycles. The van der Waals surface area contributed by atoms with Gasteiger partial charge in [0.05, 0.1) is 17.0 Å². The highest BCUT2D eigenvalue weighted by Crippen LogP contribution is 2.30. The Balaban J connectivity index is 2.39. The Morgan fingerprint density at radius 1 is 1.12 bits per heavy atom. The highest BCUT2D eigenvalue weighted by Gasteiger charge is 2.30. The molecule has 0 fully saturated rings. The van der Waals surface area contributed by atoms with Crippen molar-refractivity contribution in [2.45, 2.75) is 32.9 Å². The monoisotopic (exact) mass is 517 g/mol. The molecule has 7 nitrogen and oxygen atoms in total. The van der Waals surface area contributed by atoms with Crippen molar-refractivity contribution in [3.63, 3.8) is 0 Å². The highest BCUT2D eigenvalue weighted by molar-refractivity contribution is 7.92. The number of carbonyl (C=O) groups excluding carboxylic acids is 2. The van der Waals surface area contributed by atoms with E-state index in [1.54, 1.807) is 6.92 Å². The smallest absolute Gasteiger partial charge is 0.244 e. The molecular weight excluding hydrogens is 492 g/mol. The number of sulfonamides is 1. The Labute approximate surface area is 203 Å². The van der Waals surface area contributed by atoms with Crippen LogP contribution in [-0.4, -0.2) is 50.5 Å². The maximum atomic E-state index is 13.3. The minimum atomic E-state index is -3.91. The molecule has 2 amide bonds. The van der Waals surface area contributed by atoms with Crippen molar-refractivity contribution >= 4 is 50.7 Å². The molecule has 0 bridgehead atoms. The Hall–Kier alpha value is -2.36. The molecule has 1 unspecified atom stereocenters. The molecule has 0 saturated heterocycles. The molecule has 2 rings (SSSR count). The lowest BCUT2D eigenvalue weighted by atomic mass is 10.1. The largest absolute Gasteiger partial charge is 0.354 e. The van der Waals surface area contributed by atoms with Crippen LogP contribution >= 0.6 is 23.2 Å². The topological polar surface area (TPSA) is 86.8 Å². The third-order valence-electron chi connectivity index (χ3n) is 4.84. The van der Waals surface area contributed by atoms with Gasteiger partial charge in [0.1, 0.15) is 18.4 Å². The summed E-state index contributed by atoms with van der Waals surface area (Å²) in [5.74, 6) is -1.45. The first-order valence-corrected chi connectivity index (χ1v) is 12.8. The summed E-state index contributed by atoms with van der Waals surface area (Å²) in [7, 11) is -3.91. The van der Waals surface area contributed by atoms with Crippen molar-refractivity contribution in [1.29, 1.82) is 0 Å². The van der Waals surface area contributed by atoms with Gasteiger partial charge in [-0.25, -0.2) is 12.8 Å². The first-order valence-electron chi connectivity index (χ1n) is 10.2. The molecule has 0 radical (unpaired) electrons. The van der Waals surface area contributed by atoms with E-state index in [-0.39, 0.29) is 23.2 Å². The van der Waals surface area contributed by atoms with E-state index >= 15 is 0 Å². The van der Waals surface area contributed by atoms with Crippen molar-refractivity contribution in [2.75, 3.05) is 23.7 Å². The maximum absolute atomic E-state index is 13.3. The Morgan fingerprint density at radius 2 is 1.76 bits per heavy atom. The van der Waals surface area contributed by atoms with Crippen molar-refractivity contribution in [3.8, 4) is 0 Å². The second kappa shape index (κ2) is 11.7. The predicted molar refractivity (Wildman–Crippen MR) is 128 cm³/mol. The lowest BCUT2D eigenvalue weighted by Gasteiger charge is -2.31. The summed E-state index contributed by atoms with van der Waals surface area (Å²) in [6.45, 7) is 3.26. The summed E-state index contributed by atoms with van der Waals surface area (Å²) in [4.78, 5) is 27.2. The molecule has 33 heavy (non-hydrogen) atoms. The van der Waals surface area contributed by atoms with Crippen LogP contribution in [0.4, 0.5) is 10.1 Å². The van der Waals surface area contributed by atoms with Crippen LogP contribution < -0.4 is 9.62 Å². The summed E-state index contributed by atoms with van der Waals surface area (Å²) in [5.41, 5.74) is 0.664. The quantitative estimate of drug-likeness (QED) is 0.518. The van der Waals surface area contributed by atoms with Crippen LogP contribution in [0.3, 0.4) is 0 Å². The summed E-state index contributed by atoms with van der Waals surface area (Å²) >= 11 is 12.1. The number of amides is 2. The van der Waals surface area contributed by atoms with Crippen molar-refractivity contribution < 1.29 is 22.4 Å². The van der Waals surface area contributed by atoms with Gasteiger partial charge in [-0.2, -0.15) is 0 Å². The van der Waals surface area contributed by atoms with E-state index in [0.717, 1.165) is 10.6 Å². The molecule has 0 spiro atoms. The van der Waals surface area contributed by atoms with Gasteiger partial charge in [-0.3, -0.25) is 13.9 Å². The molecule has 0 aliphatic carbocycles. The van der Waals surface area contributed by atoms with Gasteiger partial charge in [0.25, 0.3) is 0 Å². The standard InChI is InChI=1S/C22H26Cl2FN3O4S/c1-4-11-26-22(30)15(2)27(13-16-5-8-18(25)9-6-16)21(29)14-28(33(3,31)32)20-10-7-17(23)12-19(20)24/h5-10,12,15H,4,11,13-14H2,1-3H3,(H,26,30). The number of halogens is 3. The Morgan fingerprint density at radius 3 is 2.30 bits per heavy atom. The van der Waals surface area contributed by atoms with Crippen molar-refractivity contribution in [3.05, 3.63) is 63.9 Å². The zero-order chi connectivity index (χ0) is 24.8. The van der Waals surface area contributed by atoms with E-state index < -0.39 is 34.3 Å². The SMILES string of the molecule is CCCNC(=O)C(C)N(Cc1ccc(F)cc1)C(=O)CN(c1ccc(Cl)cc1Cl)S(C)(=O)=O. The van der Waals surface area contributed by atoms with Crippen LogP contribution in [0, 0.1) is 5.82 Å². The zero-order valence-electron chi connectivity index (χ0n) is 18.5. The van der Waals surface area contributed by atoms with Gasteiger partial charge in [-0.05, 0) is 49.2 Å². The maximum Gasteiger partial charge on any atom is 0.244 e. The number of hydrogen-bond acceptors (Lipinski definition) is 4. The van der Waals surface area contributed by atoms with Gasteiger partial charge in [-0.1, -0.05) is 42.3 Å². The number of nitrogens with zero attached hydrogens (tertiary/aromatic N) is 2. The van der Waals surface area contributed by atoms with Crippen LogP contribution in [0.1, 0.15) is 25.8 Å². The Bertz CT molecular complexity index is 1100. The van der Waals surface area contributed by atoms with Crippen LogP contribution in [0.25, 0.3) is 0 Å². The molecule has 11 heteroatoms. The van der Waals surface area contributed by atoms with Gasteiger partial charge in [0.2, 0.25) is 21.8 Å². The van der Waals surface area contributed by atoms with Crippen LogP contribution in [0.2, 0.25) is 10.0 Å². The lowest BCUT2D eigenvalue weighted by molar-refractivity contribution is -0.139. The Kier molecular flexibility index (Phi) is 9.51. The minimum Gasteiger partial charge on any atom is -0.354 e. The molecule has 1 atom stereocenters. The molecule has 0 aliphatic rings. The fourth-order valence-corrected chi connectivity index (χ4v) is 4.47. The molecule has 180 valence electrons. The summed E-state index contributed by atoms with van der Waals surface area (Å²) in [5, 5.41) is 3.10. The number of benzene rings is 2. The van der Waals surface area contributed by atoms with Crippen molar-refractivity contribution in [2.24, 2.45) is 0 Å². The van der Waals surface area contributed by atoms with Gasteiger partial charge >= 0.3 is 0 Å². The molecule has 0 aliphatic heterocycles. The van der Waals surface area contributed by atoms with E-state index in [9.17, 15) is 22.4 Å². The van der Waals surface area contributed by atoms with E-state index in [2.05, 4.69) is 5.32 Å². The average molecular weight is 518 g/mol. The minimum absolute atomic E-state index is 0.0220. The molecule has 0 aromatic heterocycles. The molecule has 0 saturated carbocycles. The van der Waals surface area contributed by atoms with Gasteiger partial charge in [-0.15, -0.1) is 0 Å². The van der Waals surface area contributed by atoms with Crippen LogP contribution in [0.15, 0.2) is 42.5 Å². The molecule has 0 heterocycles. The first-order chi connectivity index (χ1) is 15.4.